The van der Waals surface area contributed by atoms with Crippen molar-refractivity contribution in [3.05, 3.63) is 71.6 Å². The van der Waals surface area contributed by atoms with Crippen molar-refractivity contribution in [2.24, 2.45) is 5.92 Å². The molecule has 0 saturated carbocycles. The number of aromatic nitrogens is 1. The van der Waals surface area contributed by atoms with Gasteiger partial charge in [-0.3, -0.25) is 14.6 Å². The SMILES string of the molecule is CN1C(=O)c2cccnc2CC(C(=O)OC(C)(C)C)/C=C\1c1ccccc1. The Morgan fingerprint density at radius 2 is 1.85 bits per heavy atom. The van der Waals surface area contributed by atoms with Crippen molar-refractivity contribution in [3.63, 3.8) is 0 Å². The number of amides is 1. The van der Waals surface area contributed by atoms with Gasteiger partial charge in [0.2, 0.25) is 0 Å². The van der Waals surface area contributed by atoms with Crippen molar-refractivity contribution in [3.8, 4) is 0 Å². The number of ether oxygens (including phenoxy) is 1. The molecule has 0 aliphatic carbocycles. The number of fused-ring (bicyclic) bond motifs is 1. The molecule has 5 heteroatoms. The lowest BCUT2D eigenvalue weighted by atomic mass is 9.93. The first-order valence-corrected chi connectivity index (χ1v) is 8.98. The molecule has 1 atom stereocenters. The molecular weight excluding hydrogens is 340 g/mol. The van der Waals surface area contributed by atoms with Crippen molar-refractivity contribution in [1.29, 1.82) is 0 Å². The fraction of sp³-hybridized carbons (Fsp3) is 0.318. The number of hydrogen-bond donors (Lipinski definition) is 0. The molecule has 27 heavy (non-hydrogen) atoms. The topological polar surface area (TPSA) is 59.5 Å². The first kappa shape index (κ1) is 18.8. The lowest BCUT2D eigenvalue weighted by Gasteiger charge is -2.28. The summed E-state index contributed by atoms with van der Waals surface area (Å²) < 4.78 is 5.62. The van der Waals surface area contributed by atoms with Crippen molar-refractivity contribution >= 4 is 17.6 Å². The maximum absolute atomic E-state index is 13.0. The molecule has 1 aromatic heterocycles. The summed E-state index contributed by atoms with van der Waals surface area (Å²) in [4.78, 5) is 31.8. The van der Waals surface area contributed by atoms with E-state index in [4.69, 9.17) is 4.74 Å². The summed E-state index contributed by atoms with van der Waals surface area (Å²) in [5, 5.41) is 0. The van der Waals surface area contributed by atoms with E-state index in [-0.39, 0.29) is 11.9 Å². The summed E-state index contributed by atoms with van der Waals surface area (Å²) in [6.07, 6.45) is 3.78. The van der Waals surface area contributed by atoms with Crippen LogP contribution in [0.25, 0.3) is 5.70 Å². The van der Waals surface area contributed by atoms with E-state index >= 15 is 0 Å². The van der Waals surface area contributed by atoms with Crippen molar-refractivity contribution in [2.45, 2.75) is 32.8 Å². The molecule has 0 spiro atoms. The van der Waals surface area contributed by atoms with Crippen LogP contribution in [-0.4, -0.2) is 34.4 Å². The second-order valence-corrected chi connectivity index (χ2v) is 7.62. The molecule has 1 amide bonds. The van der Waals surface area contributed by atoms with Gasteiger partial charge in [-0.1, -0.05) is 30.3 Å². The van der Waals surface area contributed by atoms with Crippen LogP contribution in [0.1, 0.15) is 42.4 Å². The summed E-state index contributed by atoms with van der Waals surface area (Å²) in [6, 6.07) is 13.1. The van der Waals surface area contributed by atoms with Gasteiger partial charge in [0, 0.05) is 25.4 Å². The van der Waals surface area contributed by atoms with E-state index in [0.29, 0.717) is 23.4 Å². The van der Waals surface area contributed by atoms with Gasteiger partial charge >= 0.3 is 5.97 Å². The minimum Gasteiger partial charge on any atom is -0.460 e. The number of hydrogen-bond acceptors (Lipinski definition) is 4. The van der Waals surface area contributed by atoms with E-state index in [0.717, 1.165) is 5.56 Å². The van der Waals surface area contributed by atoms with Crippen LogP contribution in [-0.2, 0) is 16.0 Å². The molecule has 2 heterocycles. The van der Waals surface area contributed by atoms with Crippen molar-refractivity contribution in [1.82, 2.24) is 9.88 Å². The van der Waals surface area contributed by atoms with E-state index in [1.807, 2.05) is 57.2 Å². The summed E-state index contributed by atoms with van der Waals surface area (Å²) in [5.74, 6) is -1.00. The average molecular weight is 364 g/mol. The second kappa shape index (κ2) is 7.35. The molecule has 0 N–H and O–H groups in total. The molecule has 140 valence electrons. The molecule has 5 nitrogen and oxygen atoms in total. The first-order chi connectivity index (χ1) is 12.8. The van der Waals surface area contributed by atoms with E-state index in [1.165, 1.54) is 0 Å². The molecule has 0 bridgehead atoms. The van der Waals surface area contributed by atoms with Crippen LogP contribution in [0.2, 0.25) is 0 Å². The van der Waals surface area contributed by atoms with Gasteiger partial charge in [-0.2, -0.15) is 0 Å². The molecule has 1 unspecified atom stereocenters. The molecule has 0 fully saturated rings. The highest BCUT2D eigenvalue weighted by Crippen LogP contribution is 2.28. The maximum Gasteiger partial charge on any atom is 0.313 e. The lowest BCUT2D eigenvalue weighted by molar-refractivity contribution is -0.158. The molecule has 0 saturated heterocycles. The quantitative estimate of drug-likeness (QED) is 0.762. The number of rotatable bonds is 2. The number of benzene rings is 1. The van der Waals surface area contributed by atoms with Gasteiger partial charge in [0.05, 0.1) is 17.2 Å². The fourth-order valence-corrected chi connectivity index (χ4v) is 3.08. The minimum atomic E-state index is -0.588. The highest BCUT2D eigenvalue weighted by molar-refractivity contribution is 6.01. The normalized spacial score (nSPS) is 19.4. The van der Waals surface area contributed by atoms with Crippen molar-refractivity contribution < 1.29 is 14.3 Å². The number of carbonyl (C=O) groups excluding carboxylic acids is 2. The predicted molar refractivity (Wildman–Crippen MR) is 104 cm³/mol. The number of nitrogens with zero attached hydrogens (tertiary/aromatic N) is 2. The van der Waals surface area contributed by atoms with Crippen molar-refractivity contribution in [2.75, 3.05) is 7.05 Å². The zero-order valence-corrected chi connectivity index (χ0v) is 16.1. The molecule has 0 radical (unpaired) electrons. The molecule has 1 aliphatic heterocycles. The van der Waals surface area contributed by atoms with Gasteiger partial charge in [0.25, 0.3) is 5.91 Å². The van der Waals surface area contributed by atoms with Gasteiger partial charge in [0.15, 0.2) is 0 Å². The van der Waals surface area contributed by atoms with Gasteiger partial charge in [-0.25, -0.2) is 0 Å². The Morgan fingerprint density at radius 1 is 1.15 bits per heavy atom. The average Bonchev–Trinajstić information content (AvgIpc) is 2.62. The minimum absolute atomic E-state index is 0.143. The Morgan fingerprint density at radius 3 is 2.52 bits per heavy atom. The van der Waals surface area contributed by atoms with Crippen LogP contribution in [0.5, 0.6) is 0 Å². The summed E-state index contributed by atoms with van der Waals surface area (Å²) >= 11 is 0. The monoisotopic (exact) mass is 364 g/mol. The Kier molecular flexibility index (Phi) is 5.13. The van der Waals surface area contributed by atoms with Crippen LogP contribution in [0.4, 0.5) is 0 Å². The number of carbonyl (C=O) groups is 2. The molecular formula is C22H24N2O3. The first-order valence-electron chi connectivity index (χ1n) is 8.98. The van der Waals surface area contributed by atoms with Gasteiger partial charge < -0.3 is 9.64 Å². The van der Waals surface area contributed by atoms with E-state index in [1.54, 1.807) is 30.3 Å². The lowest BCUT2D eigenvalue weighted by Crippen LogP contribution is -2.33. The van der Waals surface area contributed by atoms with Gasteiger partial charge in [-0.15, -0.1) is 0 Å². The molecule has 3 rings (SSSR count). The summed E-state index contributed by atoms with van der Waals surface area (Å²) in [6.45, 7) is 5.53. The fourth-order valence-electron chi connectivity index (χ4n) is 3.08. The number of pyridine rings is 1. The van der Waals surface area contributed by atoms with E-state index < -0.39 is 11.5 Å². The van der Waals surface area contributed by atoms with Gasteiger partial charge in [0.1, 0.15) is 5.60 Å². The molecule has 1 aromatic carbocycles. The third-order valence-corrected chi connectivity index (χ3v) is 4.34. The number of esters is 1. The Labute approximate surface area is 159 Å². The standard InChI is InChI=1S/C22H24N2O3/c1-22(2,3)27-21(26)16-13-18-17(11-8-12-23-18)20(25)24(4)19(14-16)15-9-6-5-7-10-15/h5-12,14,16H,13H2,1-4H3/b19-14-. The van der Waals surface area contributed by atoms with E-state index in [2.05, 4.69) is 4.98 Å². The molecule has 2 aromatic rings. The smallest absolute Gasteiger partial charge is 0.313 e. The predicted octanol–water partition coefficient (Wildman–Crippen LogP) is 3.71. The zero-order valence-electron chi connectivity index (χ0n) is 16.1. The second-order valence-electron chi connectivity index (χ2n) is 7.62. The molecule has 1 aliphatic rings. The van der Waals surface area contributed by atoms with Crippen LogP contribution >= 0.6 is 0 Å². The Balaban J connectivity index is 2.11. The third kappa shape index (κ3) is 4.25. The van der Waals surface area contributed by atoms with Crippen LogP contribution in [0.15, 0.2) is 54.7 Å². The zero-order chi connectivity index (χ0) is 19.6. The van der Waals surface area contributed by atoms with Gasteiger partial charge in [-0.05, 0) is 44.5 Å². The Hall–Kier alpha value is -2.95. The Bertz CT molecular complexity index is 882. The highest BCUT2D eigenvalue weighted by Gasteiger charge is 2.31. The largest absolute Gasteiger partial charge is 0.460 e. The third-order valence-electron chi connectivity index (χ3n) is 4.34. The summed E-state index contributed by atoms with van der Waals surface area (Å²) in [5.41, 5.74) is 2.08. The van der Waals surface area contributed by atoms with E-state index in [9.17, 15) is 9.59 Å². The van der Waals surface area contributed by atoms with Crippen LogP contribution in [0.3, 0.4) is 0 Å². The summed E-state index contributed by atoms with van der Waals surface area (Å²) in [7, 11) is 1.72. The highest BCUT2D eigenvalue weighted by atomic mass is 16.6. The van der Waals surface area contributed by atoms with Crippen LogP contribution in [0, 0.1) is 5.92 Å². The maximum atomic E-state index is 13.0. The van der Waals surface area contributed by atoms with Crippen LogP contribution < -0.4 is 0 Å².